The van der Waals surface area contributed by atoms with Gasteiger partial charge in [0.2, 0.25) is 0 Å². The van der Waals surface area contributed by atoms with Crippen LogP contribution in [0.3, 0.4) is 0 Å². The molecular formula is C5H9NS. The standard InChI is InChI=1S/C5H9NS/c1-5-2-3-6-4-7-5/h2,6H,3-4H2,1H3. The van der Waals surface area contributed by atoms with E-state index >= 15 is 0 Å². The Morgan fingerprint density at radius 3 is 3.00 bits per heavy atom. The smallest absolute Gasteiger partial charge is 0.0464 e. The lowest BCUT2D eigenvalue weighted by atomic mass is 10.5. The third-order valence-electron chi connectivity index (χ3n) is 0.936. The topological polar surface area (TPSA) is 12.0 Å². The van der Waals surface area contributed by atoms with Gasteiger partial charge in [0.1, 0.15) is 0 Å². The predicted octanol–water partition coefficient (Wildman–Crippen LogP) is 1.18. The third kappa shape index (κ3) is 1.53. The van der Waals surface area contributed by atoms with Crippen LogP contribution in [0.5, 0.6) is 0 Å². The van der Waals surface area contributed by atoms with Gasteiger partial charge in [0.25, 0.3) is 0 Å². The Labute approximate surface area is 48.2 Å². The number of nitrogens with one attached hydrogen (secondary N) is 1. The molecule has 0 unspecified atom stereocenters. The van der Waals surface area contributed by atoms with Gasteiger partial charge in [-0.2, -0.15) is 0 Å². The van der Waals surface area contributed by atoms with E-state index in [1.54, 1.807) is 0 Å². The van der Waals surface area contributed by atoms with E-state index in [9.17, 15) is 0 Å². The van der Waals surface area contributed by atoms with Crippen molar-refractivity contribution in [3.63, 3.8) is 0 Å². The Kier molecular flexibility index (Phi) is 1.77. The molecule has 0 aliphatic carbocycles. The maximum atomic E-state index is 3.20. The summed E-state index contributed by atoms with van der Waals surface area (Å²) in [6, 6.07) is 0. The van der Waals surface area contributed by atoms with E-state index in [-0.39, 0.29) is 0 Å². The lowest BCUT2D eigenvalue weighted by Gasteiger charge is -2.07. The molecule has 7 heavy (non-hydrogen) atoms. The molecule has 0 fully saturated rings. The van der Waals surface area contributed by atoms with Crippen molar-refractivity contribution >= 4 is 11.8 Å². The fraction of sp³-hybridized carbons (Fsp3) is 0.600. The highest BCUT2D eigenvalue weighted by Gasteiger charge is 1.94. The summed E-state index contributed by atoms with van der Waals surface area (Å²) in [5.41, 5.74) is 0. The van der Waals surface area contributed by atoms with Crippen LogP contribution < -0.4 is 5.32 Å². The van der Waals surface area contributed by atoms with E-state index < -0.39 is 0 Å². The van der Waals surface area contributed by atoms with Crippen molar-refractivity contribution in [1.82, 2.24) is 5.32 Å². The van der Waals surface area contributed by atoms with Gasteiger partial charge in [0, 0.05) is 12.4 Å². The van der Waals surface area contributed by atoms with Crippen molar-refractivity contribution in [2.45, 2.75) is 6.92 Å². The zero-order chi connectivity index (χ0) is 5.11. The Hall–Kier alpha value is 0.0500. The summed E-state index contributed by atoms with van der Waals surface area (Å²) in [6.45, 7) is 3.20. The lowest BCUT2D eigenvalue weighted by molar-refractivity contribution is 0.880. The predicted molar refractivity (Wildman–Crippen MR) is 34.2 cm³/mol. The molecule has 0 amide bonds. The molecule has 0 spiro atoms. The molecule has 40 valence electrons. The van der Waals surface area contributed by atoms with E-state index in [1.807, 2.05) is 11.8 Å². The van der Waals surface area contributed by atoms with Gasteiger partial charge in [-0.05, 0) is 11.8 Å². The monoisotopic (exact) mass is 115 g/mol. The molecule has 0 aromatic carbocycles. The Morgan fingerprint density at radius 2 is 2.71 bits per heavy atom. The van der Waals surface area contributed by atoms with Gasteiger partial charge in [-0.15, -0.1) is 11.8 Å². The largest absolute Gasteiger partial charge is 0.304 e. The van der Waals surface area contributed by atoms with Crippen LogP contribution >= 0.6 is 11.8 Å². The van der Waals surface area contributed by atoms with Crippen molar-refractivity contribution in [2.75, 3.05) is 12.4 Å². The molecule has 1 nitrogen and oxygen atoms in total. The van der Waals surface area contributed by atoms with Gasteiger partial charge in [-0.3, -0.25) is 0 Å². The van der Waals surface area contributed by atoms with Crippen LogP contribution in [0.25, 0.3) is 0 Å². The molecule has 0 aromatic heterocycles. The van der Waals surface area contributed by atoms with Crippen LogP contribution in [0.1, 0.15) is 6.92 Å². The van der Waals surface area contributed by atoms with Gasteiger partial charge in [0.05, 0.1) is 0 Å². The average Bonchev–Trinajstić information content (AvgIpc) is 1.69. The first kappa shape index (κ1) is 5.19. The summed E-state index contributed by atoms with van der Waals surface area (Å²) < 4.78 is 0. The zero-order valence-corrected chi connectivity index (χ0v) is 5.22. The number of thioether (sulfide) groups is 1. The Bertz CT molecular complexity index is 88.1. The quantitative estimate of drug-likeness (QED) is 0.509. The first-order valence-corrected chi connectivity index (χ1v) is 3.38. The number of allylic oxidation sites excluding steroid dienone is 1. The highest BCUT2D eigenvalue weighted by Crippen LogP contribution is 2.14. The van der Waals surface area contributed by atoms with Gasteiger partial charge in [0.15, 0.2) is 0 Å². The van der Waals surface area contributed by atoms with Gasteiger partial charge in [-0.1, -0.05) is 6.08 Å². The van der Waals surface area contributed by atoms with E-state index in [0.29, 0.717) is 0 Å². The second kappa shape index (κ2) is 2.38. The summed E-state index contributed by atoms with van der Waals surface area (Å²) in [6.07, 6.45) is 2.20. The molecule has 1 aliphatic heterocycles. The second-order valence-electron chi connectivity index (χ2n) is 1.56. The summed E-state index contributed by atoms with van der Waals surface area (Å²) in [4.78, 5) is 1.44. The molecule has 1 heterocycles. The van der Waals surface area contributed by atoms with Gasteiger partial charge < -0.3 is 5.32 Å². The second-order valence-corrected chi connectivity index (χ2v) is 2.78. The number of rotatable bonds is 0. The SMILES string of the molecule is CC1=CCNCS1. The van der Waals surface area contributed by atoms with Crippen LogP contribution in [-0.4, -0.2) is 12.4 Å². The fourth-order valence-electron chi connectivity index (χ4n) is 0.499. The molecule has 0 aromatic rings. The molecule has 0 radical (unpaired) electrons. The van der Waals surface area contributed by atoms with Gasteiger partial charge in [-0.25, -0.2) is 0 Å². The molecule has 1 N–H and O–H groups in total. The molecule has 0 bridgehead atoms. The van der Waals surface area contributed by atoms with E-state index in [0.717, 1.165) is 12.4 Å². The minimum absolute atomic E-state index is 1.05. The lowest BCUT2D eigenvalue weighted by Crippen LogP contribution is -2.15. The van der Waals surface area contributed by atoms with Crippen molar-refractivity contribution in [3.05, 3.63) is 11.0 Å². The first-order valence-electron chi connectivity index (χ1n) is 2.40. The maximum absolute atomic E-state index is 3.20. The normalized spacial score (nSPS) is 21.6. The maximum Gasteiger partial charge on any atom is 0.0464 e. The summed E-state index contributed by atoms with van der Waals surface area (Å²) >= 11 is 1.87. The molecule has 0 saturated carbocycles. The summed E-state index contributed by atoms with van der Waals surface area (Å²) in [5, 5.41) is 3.20. The van der Waals surface area contributed by atoms with Gasteiger partial charge >= 0.3 is 0 Å². The van der Waals surface area contributed by atoms with E-state index in [4.69, 9.17) is 0 Å². The van der Waals surface area contributed by atoms with Crippen LogP contribution in [0.2, 0.25) is 0 Å². The average molecular weight is 115 g/mol. The number of hydrogen-bond acceptors (Lipinski definition) is 2. The van der Waals surface area contributed by atoms with Crippen LogP contribution in [-0.2, 0) is 0 Å². The molecule has 0 saturated heterocycles. The van der Waals surface area contributed by atoms with Crippen molar-refractivity contribution in [2.24, 2.45) is 0 Å². The van der Waals surface area contributed by atoms with Crippen molar-refractivity contribution in [1.29, 1.82) is 0 Å². The molecule has 0 atom stereocenters. The van der Waals surface area contributed by atoms with Crippen LogP contribution in [0.15, 0.2) is 11.0 Å². The highest BCUT2D eigenvalue weighted by molar-refractivity contribution is 8.03. The van der Waals surface area contributed by atoms with E-state index in [2.05, 4.69) is 18.3 Å². The minimum Gasteiger partial charge on any atom is -0.304 e. The first-order chi connectivity index (χ1) is 3.39. The Balaban J connectivity index is 2.40. The van der Waals surface area contributed by atoms with E-state index in [1.165, 1.54) is 4.91 Å². The summed E-state index contributed by atoms with van der Waals surface area (Å²) in [7, 11) is 0. The molecule has 1 rings (SSSR count). The Morgan fingerprint density at radius 1 is 1.86 bits per heavy atom. The third-order valence-corrected chi connectivity index (χ3v) is 1.91. The zero-order valence-electron chi connectivity index (χ0n) is 4.40. The molecule has 1 aliphatic rings. The minimum atomic E-state index is 1.05. The molecule has 2 heteroatoms. The number of hydrogen-bond donors (Lipinski definition) is 1. The summed E-state index contributed by atoms with van der Waals surface area (Å²) in [5.74, 6) is 1.09. The highest BCUT2D eigenvalue weighted by atomic mass is 32.2. The fourth-order valence-corrected chi connectivity index (χ4v) is 1.15. The van der Waals surface area contributed by atoms with Crippen molar-refractivity contribution < 1.29 is 0 Å². The van der Waals surface area contributed by atoms with Crippen LogP contribution in [0, 0.1) is 0 Å². The van der Waals surface area contributed by atoms with Crippen LogP contribution in [0.4, 0.5) is 0 Å². The van der Waals surface area contributed by atoms with Crippen molar-refractivity contribution in [3.8, 4) is 0 Å². The molecular weight excluding hydrogens is 106 g/mol.